The predicted octanol–water partition coefficient (Wildman–Crippen LogP) is 5.16. The van der Waals surface area contributed by atoms with Gasteiger partial charge in [0, 0.05) is 35.0 Å². The molecule has 4 aromatic rings. The minimum Gasteiger partial charge on any atom is -0.325 e. The molecule has 0 saturated heterocycles. The molecule has 0 spiro atoms. The van der Waals surface area contributed by atoms with Gasteiger partial charge in [0.05, 0.1) is 5.75 Å². The molecule has 0 aliphatic carbocycles. The molecule has 2 amide bonds. The molecule has 160 valence electrons. The minimum atomic E-state index is -0.190. The zero-order valence-corrected chi connectivity index (χ0v) is 18.3. The first-order valence-electron chi connectivity index (χ1n) is 10.1. The first-order chi connectivity index (χ1) is 15.6. The molecule has 0 bridgehead atoms. The number of hydrogen-bond acceptors (Lipinski definition) is 4. The van der Waals surface area contributed by atoms with Crippen LogP contribution in [0.15, 0.2) is 96.4 Å². The highest BCUT2D eigenvalue weighted by molar-refractivity contribution is 7.99. The van der Waals surface area contributed by atoms with Gasteiger partial charge >= 0.3 is 0 Å². The molecule has 4 rings (SSSR count). The van der Waals surface area contributed by atoms with E-state index in [9.17, 15) is 9.59 Å². The lowest BCUT2D eigenvalue weighted by Crippen LogP contribution is -2.14. The van der Waals surface area contributed by atoms with E-state index in [4.69, 9.17) is 0 Å². The van der Waals surface area contributed by atoms with E-state index in [0.29, 0.717) is 10.7 Å². The molecule has 7 heteroatoms. The zero-order valence-electron chi connectivity index (χ0n) is 17.5. The van der Waals surface area contributed by atoms with Crippen LogP contribution >= 0.6 is 11.8 Å². The third kappa shape index (κ3) is 5.44. The molecule has 1 heterocycles. The third-order valence-electron chi connectivity index (χ3n) is 4.66. The number of aryl methyl sites for hydroxylation is 1. The Bertz CT molecular complexity index is 1240. The van der Waals surface area contributed by atoms with Gasteiger partial charge in [0.25, 0.3) is 5.91 Å². The van der Waals surface area contributed by atoms with Gasteiger partial charge in [0.2, 0.25) is 5.91 Å². The first-order valence-corrected chi connectivity index (χ1v) is 11.1. The van der Waals surface area contributed by atoms with Gasteiger partial charge in [-0.2, -0.15) is 0 Å². The molecule has 32 heavy (non-hydrogen) atoms. The highest BCUT2D eigenvalue weighted by Crippen LogP contribution is 2.22. The first kappa shape index (κ1) is 21.4. The van der Waals surface area contributed by atoms with Crippen LogP contribution in [0.4, 0.5) is 11.4 Å². The standard InChI is InChI=1S/C25H22N4O2S/c1-18-7-5-11-21(15-18)27-23(30)17-32-25-26-13-14-29(25)22-12-6-8-19(16-22)24(31)28-20-9-3-2-4-10-20/h2-16H,17H2,1H3,(H,27,30)(H,28,31). The number of nitrogens with one attached hydrogen (secondary N) is 2. The number of rotatable bonds is 7. The molecule has 2 N–H and O–H groups in total. The van der Waals surface area contributed by atoms with Gasteiger partial charge in [-0.05, 0) is 55.0 Å². The molecule has 1 aromatic heterocycles. The summed E-state index contributed by atoms with van der Waals surface area (Å²) >= 11 is 1.34. The molecule has 3 aromatic carbocycles. The zero-order chi connectivity index (χ0) is 22.3. The lowest BCUT2D eigenvalue weighted by Gasteiger charge is -2.10. The number of carbonyl (C=O) groups is 2. The van der Waals surface area contributed by atoms with E-state index in [-0.39, 0.29) is 17.6 Å². The molecule has 0 unspecified atom stereocenters. The second-order valence-corrected chi connectivity index (χ2v) is 8.10. The molecule has 0 radical (unpaired) electrons. The largest absolute Gasteiger partial charge is 0.325 e. The molecule has 0 aliphatic rings. The van der Waals surface area contributed by atoms with Crippen LogP contribution in [0.5, 0.6) is 0 Å². The van der Waals surface area contributed by atoms with Gasteiger partial charge in [-0.1, -0.05) is 48.2 Å². The van der Waals surface area contributed by atoms with Crippen molar-refractivity contribution >= 4 is 35.0 Å². The lowest BCUT2D eigenvalue weighted by atomic mass is 10.2. The predicted molar refractivity (Wildman–Crippen MR) is 128 cm³/mol. The summed E-state index contributed by atoms with van der Waals surface area (Å²) in [6.45, 7) is 1.98. The molecular formula is C25H22N4O2S. The molecule has 6 nitrogen and oxygen atoms in total. The van der Waals surface area contributed by atoms with Crippen molar-refractivity contribution in [3.8, 4) is 5.69 Å². The summed E-state index contributed by atoms with van der Waals surface area (Å²) in [5, 5.41) is 6.46. The van der Waals surface area contributed by atoms with Crippen molar-refractivity contribution in [2.45, 2.75) is 12.1 Å². The fourth-order valence-corrected chi connectivity index (χ4v) is 3.94. The number of nitrogens with zero attached hydrogens (tertiary/aromatic N) is 2. The number of imidazole rings is 1. The Hall–Kier alpha value is -3.84. The Kier molecular flexibility index (Phi) is 6.67. The van der Waals surface area contributed by atoms with Crippen LogP contribution in [0.3, 0.4) is 0 Å². The van der Waals surface area contributed by atoms with Gasteiger partial charge in [-0.25, -0.2) is 4.98 Å². The second kappa shape index (κ2) is 9.98. The number of benzene rings is 3. The van der Waals surface area contributed by atoms with E-state index < -0.39 is 0 Å². The van der Waals surface area contributed by atoms with Crippen molar-refractivity contribution in [1.29, 1.82) is 0 Å². The van der Waals surface area contributed by atoms with E-state index in [1.54, 1.807) is 18.3 Å². The molecular weight excluding hydrogens is 420 g/mol. The summed E-state index contributed by atoms with van der Waals surface area (Å²) < 4.78 is 1.86. The van der Waals surface area contributed by atoms with E-state index in [1.165, 1.54) is 11.8 Å². The number of aromatic nitrogens is 2. The highest BCUT2D eigenvalue weighted by Gasteiger charge is 2.12. The number of amides is 2. The maximum atomic E-state index is 12.6. The van der Waals surface area contributed by atoms with Gasteiger partial charge in [0.1, 0.15) is 0 Å². The van der Waals surface area contributed by atoms with Crippen molar-refractivity contribution in [1.82, 2.24) is 9.55 Å². The number of anilines is 2. The number of carbonyl (C=O) groups excluding carboxylic acids is 2. The highest BCUT2D eigenvalue weighted by atomic mass is 32.2. The summed E-state index contributed by atoms with van der Waals surface area (Å²) in [5.74, 6) is -0.0740. The molecule has 0 aliphatic heterocycles. The fraction of sp³-hybridized carbons (Fsp3) is 0.0800. The monoisotopic (exact) mass is 442 g/mol. The van der Waals surface area contributed by atoms with Crippen LogP contribution < -0.4 is 10.6 Å². The quantitative estimate of drug-likeness (QED) is 0.388. The normalized spacial score (nSPS) is 10.5. The lowest BCUT2D eigenvalue weighted by molar-refractivity contribution is -0.113. The van der Waals surface area contributed by atoms with E-state index in [2.05, 4.69) is 15.6 Å². The van der Waals surface area contributed by atoms with Crippen molar-refractivity contribution in [3.63, 3.8) is 0 Å². The van der Waals surface area contributed by atoms with Gasteiger partial charge in [-0.15, -0.1) is 0 Å². The molecule has 0 fully saturated rings. The van der Waals surface area contributed by atoms with E-state index >= 15 is 0 Å². The van der Waals surface area contributed by atoms with Crippen LogP contribution in [-0.4, -0.2) is 27.1 Å². The van der Waals surface area contributed by atoms with Crippen molar-refractivity contribution in [2.75, 3.05) is 16.4 Å². The van der Waals surface area contributed by atoms with Crippen LogP contribution in [-0.2, 0) is 4.79 Å². The summed E-state index contributed by atoms with van der Waals surface area (Å²) in [6, 6.07) is 24.3. The van der Waals surface area contributed by atoms with Crippen LogP contribution in [0.1, 0.15) is 15.9 Å². The molecule has 0 saturated carbocycles. The Morgan fingerprint density at radius 2 is 1.69 bits per heavy atom. The Balaban J connectivity index is 1.43. The van der Waals surface area contributed by atoms with Gasteiger partial charge in [0.15, 0.2) is 5.16 Å². The fourth-order valence-electron chi connectivity index (χ4n) is 3.16. The molecule has 0 atom stereocenters. The smallest absolute Gasteiger partial charge is 0.255 e. The average molecular weight is 443 g/mol. The summed E-state index contributed by atoms with van der Waals surface area (Å²) in [5.41, 5.74) is 3.93. The van der Waals surface area contributed by atoms with Gasteiger partial charge in [-0.3, -0.25) is 14.2 Å². The Morgan fingerprint density at radius 1 is 0.906 bits per heavy atom. The Labute approximate surface area is 190 Å². The summed E-state index contributed by atoms with van der Waals surface area (Å²) in [4.78, 5) is 29.4. The minimum absolute atomic E-state index is 0.105. The maximum Gasteiger partial charge on any atom is 0.255 e. The van der Waals surface area contributed by atoms with Crippen molar-refractivity contribution < 1.29 is 9.59 Å². The topological polar surface area (TPSA) is 76.0 Å². The van der Waals surface area contributed by atoms with E-state index in [0.717, 1.165) is 22.6 Å². The summed E-state index contributed by atoms with van der Waals surface area (Å²) in [6.07, 6.45) is 3.49. The van der Waals surface area contributed by atoms with Gasteiger partial charge < -0.3 is 10.6 Å². The maximum absolute atomic E-state index is 12.6. The SMILES string of the molecule is Cc1cccc(NC(=O)CSc2nccn2-c2cccc(C(=O)Nc3ccccc3)c2)c1. The van der Waals surface area contributed by atoms with Crippen LogP contribution in [0.25, 0.3) is 5.69 Å². The van der Waals surface area contributed by atoms with E-state index in [1.807, 2.05) is 84.4 Å². The van der Waals surface area contributed by atoms with Crippen LogP contribution in [0.2, 0.25) is 0 Å². The van der Waals surface area contributed by atoms with Crippen LogP contribution in [0, 0.1) is 6.92 Å². The average Bonchev–Trinajstić information content (AvgIpc) is 3.27. The second-order valence-electron chi connectivity index (χ2n) is 7.16. The third-order valence-corrected chi connectivity index (χ3v) is 5.63. The number of para-hydroxylation sites is 1. The summed E-state index contributed by atoms with van der Waals surface area (Å²) in [7, 11) is 0. The number of hydrogen-bond donors (Lipinski definition) is 2. The van der Waals surface area contributed by atoms with Crippen molar-refractivity contribution in [3.05, 3.63) is 102 Å². The van der Waals surface area contributed by atoms with Crippen molar-refractivity contribution in [2.24, 2.45) is 0 Å². The number of thioether (sulfide) groups is 1. The Morgan fingerprint density at radius 3 is 2.50 bits per heavy atom.